The molecule has 1 saturated heterocycles. The fourth-order valence-corrected chi connectivity index (χ4v) is 4.66. The summed E-state index contributed by atoms with van der Waals surface area (Å²) in [7, 11) is 3.31. The summed E-state index contributed by atoms with van der Waals surface area (Å²) in [6.45, 7) is 4.55. The van der Waals surface area contributed by atoms with Gasteiger partial charge in [-0.1, -0.05) is 17.7 Å². The Bertz CT molecular complexity index is 1350. The van der Waals surface area contributed by atoms with E-state index in [0.29, 0.717) is 41.2 Å². The Morgan fingerprint density at radius 1 is 1.29 bits per heavy atom. The van der Waals surface area contributed by atoms with Crippen molar-refractivity contribution in [1.82, 2.24) is 25.1 Å². The van der Waals surface area contributed by atoms with Crippen LogP contribution in [0.25, 0.3) is 0 Å². The molecule has 0 bridgehead atoms. The van der Waals surface area contributed by atoms with Gasteiger partial charge >= 0.3 is 6.03 Å². The van der Waals surface area contributed by atoms with Crippen LogP contribution in [0.5, 0.6) is 5.75 Å². The number of hydrogen-bond acceptors (Lipinski definition) is 9. The fourth-order valence-electron chi connectivity index (χ4n) is 4.38. The number of rotatable bonds is 8. The molecule has 3 heterocycles. The molecule has 4 N–H and O–H groups in total. The summed E-state index contributed by atoms with van der Waals surface area (Å²) in [6, 6.07) is 4.55. The van der Waals surface area contributed by atoms with Crippen LogP contribution in [0, 0.1) is 13.8 Å². The van der Waals surface area contributed by atoms with E-state index in [1.807, 2.05) is 17.9 Å². The topological polar surface area (TPSA) is 147 Å². The Labute approximate surface area is 225 Å². The number of ether oxygens (including phenoxy) is 1. The van der Waals surface area contributed by atoms with Crippen LogP contribution in [0.2, 0.25) is 5.02 Å². The van der Waals surface area contributed by atoms with Crippen molar-refractivity contribution in [3.8, 4) is 5.75 Å². The van der Waals surface area contributed by atoms with Gasteiger partial charge in [-0.15, -0.1) is 0 Å². The minimum Gasteiger partial charge on any atom is -0.495 e. The Morgan fingerprint density at radius 2 is 2.08 bits per heavy atom. The van der Waals surface area contributed by atoms with Gasteiger partial charge in [0.15, 0.2) is 0 Å². The Balaban J connectivity index is 1.57. The normalized spacial score (nSPS) is 14.9. The van der Waals surface area contributed by atoms with E-state index in [1.54, 1.807) is 30.8 Å². The van der Waals surface area contributed by atoms with E-state index < -0.39 is 11.9 Å². The van der Waals surface area contributed by atoms with Gasteiger partial charge in [0.2, 0.25) is 5.95 Å². The molecule has 38 heavy (non-hydrogen) atoms. The summed E-state index contributed by atoms with van der Waals surface area (Å²) in [5, 5.41) is 22.7. The summed E-state index contributed by atoms with van der Waals surface area (Å²) in [5.41, 5.74) is 2.83. The lowest BCUT2D eigenvalue weighted by atomic mass is 10.2. The number of aliphatic hydroxyl groups excluding tert-OH is 1. The number of carbonyl (C=O) groups excluding carboxylic acids is 2. The first-order valence-corrected chi connectivity index (χ1v) is 12.5. The average Bonchev–Trinajstić information content (AvgIpc) is 3.47. The predicted molar refractivity (Wildman–Crippen MR) is 144 cm³/mol. The Hall–Kier alpha value is -3.90. The molecule has 1 aliphatic heterocycles. The highest BCUT2D eigenvalue weighted by atomic mass is 35.5. The molecule has 0 saturated carbocycles. The molecule has 13 heteroatoms. The number of nitrogens with zero attached hydrogens (tertiary/aromatic N) is 5. The van der Waals surface area contributed by atoms with E-state index in [-0.39, 0.29) is 24.0 Å². The van der Waals surface area contributed by atoms with E-state index in [9.17, 15) is 14.7 Å². The third-order valence-electron chi connectivity index (χ3n) is 6.52. The summed E-state index contributed by atoms with van der Waals surface area (Å²) in [6.07, 6.45) is 3.10. The van der Waals surface area contributed by atoms with E-state index in [1.165, 1.54) is 13.3 Å². The maximum absolute atomic E-state index is 13.1. The molecule has 12 nitrogen and oxygen atoms in total. The van der Waals surface area contributed by atoms with Crippen LogP contribution in [-0.2, 0) is 13.6 Å². The number of aryl methyl sites for hydroxylation is 2. The van der Waals surface area contributed by atoms with Gasteiger partial charge in [0.25, 0.3) is 5.91 Å². The molecule has 0 aliphatic carbocycles. The van der Waals surface area contributed by atoms with Gasteiger partial charge in [-0.05, 0) is 44.4 Å². The zero-order valence-electron chi connectivity index (χ0n) is 21.7. The summed E-state index contributed by atoms with van der Waals surface area (Å²) < 4.78 is 6.85. The number of benzene rings is 1. The molecule has 0 radical (unpaired) electrons. The molecular formula is C25H31ClN8O4. The van der Waals surface area contributed by atoms with Gasteiger partial charge in [-0.25, -0.2) is 9.78 Å². The molecule has 1 atom stereocenters. The van der Waals surface area contributed by atoms with Crippen molar-refractivity contribution < 1.29 is 19.4 Å². The summed E-state index contributed by atoms with van der Waals surface area (Å²) in [5.74, 6) is 0.501. The third kappa shape index (κ3) is 5.81. The molecule has 3 amide bonds. The smallest absolute Gasteiger partial charge is 0.326 e. The maximum atomic E-state index is 13.1. The SMILES string of the molecule is COc1ccc(CNc2nc(N3CCC[C@H]3CO)ncc2C(=O)NC(=O)Nc2c(C)nn(C)c2C)cc1Cl. The minimum atomic E-state index is -0.703. The van der Waals surface area contributed by atoms with Crippen LogP contribution in [0.1, 0.15) is 40.2 Å². The number of halogens is 1. The number of anilines is 3. The van der Waals surface area contributed by atoms with Crippen LogP contribution in [0.15, 0.2) is 24.4 Å². The van der Waals surface area contributed by atoms with Gasteiger partial charge in [-0.2, -0.15) is 10.1 Å². The van der Waals surface area contributed by atoms with Crippen LogP contribution in [-0.4, -0.2) is 63.1 Å². The lowest BCUT2D eigenvalue weighted by Crippen LogP contribution is -2.36. The van der Waals surface area contributed by atoms with E-state index in [4.69, 9.17) is 16.3 Å². The third-order valence-corrected chi connectivity index (χ3v) is 6.81. The molecule has 1 fully saturated rings. The number of urea groups is 1. The van der Waals surface area contributed by atoms with Crippen LogP contribution < -0.4 is 25.6 Å². The van der Waals surface area contributed by atoms with E-state index >= 15 is 0 Å². The first-order valence-electron chi connectivity index (χ1n) is 12.1. The van der Waals surface area contributed by atoms with E-state index in [2.05, 4.69) is 31.0 Å². The van der Waals surface area contributed by atoms with Crippen molar-refractivity contribution in [3.63, 3.8) is 0 Å². The number of imide groups is 1. The van der Waals surface area contributed by atoms with Crippen molar-refractivity contribution >= 4 is 41.0 Å². The molecule has 1 aromatic carbocycles. The van der Waals surface area contributed by atoms with Crippen molar-refractivity contribution in [2.75, 3.05) is 35.8 Å². The van der Waals surface area contributed by atoms with Crippen LogP contribution >= 0.6 is 11.6 Å². The molecule has 0 spiro atoms. The van der Waals surface area contributed by atoms with Crippen molar-refractivity contribution in [2.24, 2.45) is 7.05 Å². The number of aliphatic hydroxyl groups is 1. The van der Waals surface area contributed by atoms with Crippen molar-refractivity contribution in [1.29, 1.82) is 0 Å². The number of amides is 3. The summed E-state index contributed by atoms with van der Waals surface area (Å²) >= 11 is 6.26. The molecule has 0 unspecified atom stereocenters. The lowest BCUT2D eigenvalue weighted by molar-refractivity contribution is 0.0967. The number of hydrogen-bond donors (Lipinski definition) is 4. The average molecular weight is 543 g/mol. The number of carbonyl (C=O) groups is 2. The highest BCUT2D eigenvalue weighted by molar-refractivity contribution is 6.32. The van der Waals surface area contributed by atoms with Crippen LogP contribution in [0.3, 0.4) is 0 Å². The monoisotopic (exact) mass is 542 g/mol. The molecule has 4 rings (SSSR count). The van der Waals surface area contributed by atoms with Crippen molar-refractivity contribution in [3.05, 3.63) is 51.9 Å². The molecule has 3 aromatic rings. The quantitative estimate of drug-likeness (QED) is 0.337. The zero-order valence-corrected chi connectivity index (χ0v) is 22.5. The van der Waals surface area contributed by atoms with Gasteiger partial charge in [-0.3, -0.25) is 14.8 Å². The second-order valence-corrected chi connectivity index (χ2v) is 9.41. The highest BCUT2D eigenvalue weighted by Crippen LogP contribution is 2.27. The summed E-state index contributed by atoms with van der Waals surface area (Å²) in [4.78, 5) is 36.7. The van der Waals surface area contributed by atoms with Gasteiger partial charge in [0, 0.05) is 26.3 Å². The zero-order chi connectivity index (χ0) is 27.4. The largest absolute Gasteiger partial charge is 0.495 e. The first kappa shape index (κ1) is 27.1. The lowest BCUT2D eigenvalue weighted by Gasteiger charge is -2.24. The Morgan fingerprint density at radius 3 is 2.74 bits per heavy atom. The molecule has 202 valence electrons. The number of methoxy groups -OCH3 is 1. The molecular weight excluding hydrogens is 512 g/mol. The number of aromatic nitrogens is 4. The molecule has 1 aliphatic rings. The van der Waals surface area contributed by atoms with Crippen LogP contribution in [0.4, 0.5) is 22.2 Å². The maximum Gasteiger partial charge on any atom is 0.326 e. The second-order valence-electron chi connectivity index (χ2n) is 9.00. The molecule has 2 aromatic heterocycles. The fraction of sp³-hybridized carbons (Fsp3) is 0.400. The first-order chi connectivity index (χ1) is 18.2. The van der Waals surface area contributed by atoms with E-state index in [0.717, 1.165) is 24.1 Å². The standard InChI is InChI=1S/C25H31ClN8O4/c1-14-21(15(2)33(3)32-14)29-25(37)31-23(36)18-12-28-24(34-9-5-6-17(34)13-35)30-22(18)27-11-16-7-8-20(38-4)19(26)10-16/h7-8,10,12,17,35H,5-6,9,11,13H2,1-4H3,(H,27,28,30)(H2,29,31,36,37)/t17-/m0/s1. The van der Waals surface area contributed by atoms with Gasteiger partial charge in [0.05, 0.1) is 41.9 Å². The minimum absolute atomic E-state index is 0.0218. The van der Waals surface area contributed by atoms with Crippen molar-refractivity contribution in [2.45, 2.75) is 39.3 Å². The van der Waals surface area contributed by atoms with Gasteiger partial charge in [0.1, 0.15) is 17.1 Å². The highest BCUT2D eigenvalue weighted by Gasteiger charge is 2.27. The predicted octanol–water partition coefficient (Wildman–Crippen LogP) is 3.02. The van der Waals surface area contributed by atoms with Gasteiger partial charge < -0.3 is 25.4 Å². The Kier molecular flexibility index (Phi) is 8.32. The number of nitrogens with one attached hydrogen (secondary N) is 3. The second kappa shape index (κ2) is 11.7.